The van der Waals surface area contributed by atoms with Crippen LogP contribution in [0.25, 0.3) is 0 Å². The number of hydrogen-bond donors (Lipinski definition) is 2. The van der Waals surface area contributed by atoms with E-state index in [9.17, 15) is 19.3 Å². The van der Waals surface area contributed by atoms with E-state index in [-0.39, 0.29) is 28.4 Å². The van der Waals surface area contributed by atoms with Gasteiger partial charge in [-0.25, -0.2) is 9.18 Å². The van der Waals surface area contributed by atoms with E-state index in [1.54, 1.807) is 0 Å². The van der Waals surface area contributed by atoms with Crippen LogP contribution in [0.3, 0.4) is 0 Å². The van der Waals surface area contributed by atoms with E-state index in [2.05, 4.69) is 21.2 Å². The molecular weight excluding hydrogens is 349 g/mol. The molecule has 21 heavy (non-hydrogen) atoms. The van der Waals surface area contributed by atoms with Crippen molar-refractivity contribution < 1.29 is 19.2 Å². The maximum Gasteiger partial charge on any atom is 0.407 e. The smallest absolute Gasteiger partial charge is 0.407 e. The number of nitrogens with zero attached hydrogens (tertiary/aromatic N) is 2. The molecule has 2 rings (SSSR count). The van der Waals surface area contributed by atoms with Crippen LogP contribution >= 0.6 is 15.9 Å². The van der Waals surface area contributed by atoms with Crippen molar-refractivity contribution in [3.8, 4) is 0 Å². The molecule has 1 saturated heterocycles. The predicted molar refractivity (Wildman–Crippen MR) is 77.0 cm³/mol. The summed E-state index contributed by atoms with van der Waals surface area (Å²) in [5, 5.41) is 22.9. The van der Waals surface area contributed by atoms with Crippen LogP contribution in [0.2, 0.25) is 0 Å². The summed E-state index contributed by atoms with van der Waals surface area (Å²) >= 11 is 2.99. The highest BCUT2D eigenvalue weighted by Gasteiger charge is 2.26. The molecule has 1 aliphatic heterocycles. The SMILES string of the molecule is O=C(O)N1CCCC(Nc2cc(Br)c(F)cc2[N+](=O)[O-])C1. The van der Waals surface area contributed by atoms with Gasteiger partial charge in [0.15, 0.2) is 0 Å². The first-order valence-electron chi connectivity index (χ1n) is 6.26. The van der Waals surface area contributed by atoms with Crippen LogP contribution in [0, 0.1) is 15.9 Å². The summed E-state index contributed by atoms with van der Waals surface area (Å²) < 4.78 is 13.5. The second-order valence-electron chi connectivity index (χ2n) is 4.75. The van der Waals surface area contributed by atoms with Crippen molar-refractivity contribution in [2.45, 2.75) is 18.9 Å². The Bertz CT molecular complexity index is 584. The summed E-state index contributed by atoms with van der Waals surface area (Å²) in [6.07, 6.45) is 0.340. The van der Waals surface area contributed by atoms with Crippen LogP contribution in [0.5, 0.6) is 0 Å². The zero-order valence-electron chi connectivity index (χ0n) is 10.9. The van der Waals surface area contributed by atoms with Crippen LogP contribution in [-0.4, -0.2) is 40.2 Å². The fraction of sp³-hybridized carbons (Fsp3) is 0.417. The molecule has 1 aliphatic rings. The average Bonchev–Trinajstić information content (AvgIpc) is 2.42. The first-order valence-corrected chi connectivity index (χ1v) is 7.05. The van der Waals surface area contributed by atoms with Crippen LogP contribution < -0.4 is 5.32 Å². The van der Waals surface area contributed by atoms with Crippen LogP contribution in [0.15, 0.2) is 16.6 Å². The van der Waals surface area contributed by atoms with Crippen molar-refractivity contribution in [3.05, 3.63) is 32.5 Å². The Kier molecular flexibility index (Phi) is 4.61. The van der Waals surface area contributed by atoms with Gasteiger partial charge >= 0.3 is 6.09 Å². The molecule has 114 valence electrons. The minimum absolute atomic E-state index is 0.113. The molecule has 1 heterocycles. The van der Waals surface area contributed by atoms with Gasteiger partial charge in [-0.15, -0.1) is 0 Å². The highest BCUT2D eigenvalue weighted by molar-refractivity contribution is 9.10. The molecule has 0 bridgehead atoms. The van der Waals surface area contributed by atoms with Gasteiger partial charge in [-0.3, -0.25) is 10.1 Å². The molecule has 2 N–H and O–H groups in total. The molecule has 1 aromatic carbocycles. The number of rotatable bonds is 3. The van der Waals surface area contributed by atoms with Gasteiger partial charge in [-0.1, -0.05) is 0 Å². The number of benzene rings is 1. The standard InChI is InChI=1S/C12H13BrFN3O4/c13-8-4-10(11(17(20)21)5-9(8)14)15-7-2-1-3-16(6-7)12(18)19/h4-5,7,15H,1-3,6H2,(H,18,19). The molecule has 1 unspecified atom stereocenters. The van der Waals surface area contributed by atoms with Crippen molar-refractivity contribution in [2.24, 2.45) is 0 Å². The van der Waals surface area contributed by atoms with Gasteiger partial charge in [0.2, 0.25) is 0 Å². The number of carbonyl (C=O) groups is 1. The average molecular weight is 362 g/mol. The molecule has 0 aliphatic carbocycles. The summed E-state index contributed by atoms with van der Waals surface area (Å²) in [5.41, 5.74) is -0.200. The lowest BCUT2D eigenvalue weighted by molar-refractivity contribution is -0.384. The number of nitrogens with one attached hydrogen (secondary N) is 1. The first-order chi connectivity index (χ1) is 9.88. The first kappa shape index (κ1) is 15.5. The number of amides is 1. The highest BCUT2D eigenvalue weighted by atomic mass is 79.9. The van der Waals surface area contributed by atoms with E-state index in [1.165, 1.54) is 11.0 Å². The summed E-state index contributed by atoms with van der Waals surface area (Å²) in [4.78, 5) is 22.5. The second kappa shape index (κ2) is 6.25. The number of anilines is 1. The Morgan fingerprint density at radius 2 is 2.29 bits per heavy atom. The second-order valence-corrected chi connectivity index (χ2v) is 5.61. The van der Waals surface area contributed by atoms with Gasteiger partial charge in [-0.05, 0) is 34.8 Å². The minimum atomic E-state index is -1.02. The van der Waals surface area contributed by atoms with Gasteiger partial charge in [0, 0.05) is 19.1 Å². The third-order valence-corrected chi connectivity index (χ3v) is 3.89. The molecule has 1 amide bonds. The van der Waals surface area contributed by atoms with E-state index in [4.69, 9.17) is 5.11 Å². The van der Waals surface area contributed by atoms with Gasteiger partial charge in [0.1, 0.15) is 11.5 Å². The number of piperidine rings is 1. The Balaban J connectivity index is 2.20. The maximum atomic E-state index is 13.4. The monoisotopic (exact) mass is 361 g/mol. The van der Waals surface area contributed by atoms with Crippen molar-refractivity contribution in [3.63, 3.8) is 0 Å². The van der Waals surface area contributed by atoms with Crippen LogP contribution in [-0.2, 0) is 0 Å². The molecular formula is C12H13BrFN3O4. The molecule has 0 saturated carbocycles. The number of halogens is 2. The molecule has 1 aromatic rings. The van der Waals surface area contributed by atoms with Gasteiger partial charge in [-0.2, -0.15) is 0 Å². The van der Waals surface area contributed by atoms with Crippen molar-refractivity contribution >= 4 is 33.4 Å². The number of nitro groups is 1. The Morgan fingerprint density at radius 1 is 1.57 bits per heavy atom. The normalized spacial score (nSPS) is 18.4. The number of nitro benzene ring substituents is 1. The molecule has 0 radical (unpaired) electrons. The van der Waals surface area contributed by atoms with Gasteiger partial charge in [0.05, 0.1) is 15.5 Å². The molecule has 7 nitrogen and oxygen atoms in total. The molecule has 9 heteroatoms. The molecule has 1 fully saturated rings. The van der Waals surface area contributed by atoms with Gasteiger partial charge in [0.25, 0.3) is 5.69 Å². The highest BCUT2D eigenvalue weighted by Crippen LogP contribution is 2.31. The maximum absolute atomic E-state index is 13.4. The van der Waals surface area contributed by atoms with E-state index in [0.29, 0.717) is 19.4 Å². The van der Waals surface area contributed by atoms with Gasteiger partial charge < -0.3 is 15.3 Å². The number of likely N-dealkylation sites (tertiary alicyclic amines) is 1. The zero-order valence-corrected chi connectivity index (χ0v) is 12.5. The summed E-state index contributed by atoms with van der Waals surface area (Å²) in [7, 11) is 0. The Labute approximate surface area is 128 Å². The number of hydrogen-bond acceptors (Lipinski definition) is 4. The third-order valence-electron chi connectivity index (χ3n) is 3.29. The van der Waals surface area contributed by atoms with E-state index >= 15 is 0 Å². The fourth-order valence-corrected chi connectivity index (χ4v) is 2.63. The lowest BCUT2D eigenvalue weighted by Crippen LogP contribution is -2.44. The van der Waals surface area contributed by atoms with Crippen molar-refractivity contribution in [1.29, 1.82) is 0 Å². The third kappa shape index (κ3) is 3.60. The Hall–Kier alpha value is -1.90. The van der Waals surface area contributed by atoms with Crippen molar-refractivity contribution in [1.82, 2.24) is 4.90 Å². The number of carboxylic acid groups (broad SMARTS) is 1. The summed E-state index contributed by atoms with van der Waals surface area (Å²) in [6, 6.07) is 1.89. The topological polar surface area (TPSA) is 95.7 Å². The summed E-state index contributed by atoms with van der Waals surface area (Å²) in [5.74, 6) is -0.719. The van der Waals surface area contributed by atoms with Crippen molar-refractivity contribution in [2.75, 3.05) is 18.4 Å². The largest absolute Gasteiger partial charge is 0.465 e. The fourth-order valence-electron chi connectivity index (χ4n) is 2.29. The minimum Gasteiger partial charge on any atom is -0.465 e. The van der Waals surface area contributed by atoms with Crippen LogP contribution in [0.1, 0.15) is 12.8 Å². The molecule has 1 atom stereocenters. The summed E-state index contributed by atoms with van der Waals surface area (Å²) in [6.45, 7) is 0.685. The van der Waals surface area contributed by atoms with E-state index in [1.807, 2.05) is 0 Å². The zero-order chi connectivity index (χ0) is 15.6. The quantitative estimate of drug-likeness (QED) is 0.637. The van der Waals surface area contributed by atoms with Crippen LogP contribution in [0.4, 0.5) is 20.6 Å². The lowest BCUT2D eigenvalue weighted by Gasteiger charge is -2.31. The van der Waals surface area contributed by atoms with E-state index in [0.717, 1.165) is 6.07 Å². The van der Waals surface area contributed by atoms with E-state index < -0.39 is 16.8 Å². The molecule has 0 aromatic heterocycles. The predicted octanol–water partition coefficient (Wildman–Crippen LogP) is 3.05. The molecule has 0 spiro atoms. The lowest BCUT2D eigenvalue weighted by atomic mass is 10.1. The Morgan fingerprint density at radius 3 is 2.90 bits per heavy atom.